The molecule has 3 rings (SSSR count). The number of amides is 1. The first-order chi connectivity index (χ1) is 11.6. The van der Waals surface area contributed by atoms with Gasteiger partial charge < -0.3 is 15.0 Å². The molecule has 1 fully saturated rings. The number of carbonyl (C=O) groups is 2. The molecule has 0 bridgehead atoms. The van der Waals surface area contributed by atoms with E-state index >= 15 is 0 Å². The van der Waals surface area contributed by atoms with Crippen LogP contribution < -0.4 is 10.2 Å². The first-order valence-electron chi connectivity index (χ1n) is 9.03. The summed E-state index contributed by atoms with van der Waals surface area (Å²) in [5.74, 6) is 0.334. The van der Waals surface area contributed by atoms with Gasteiger partial charge in [-0.25, -0.2) is 4.79 Å². The van der Waals surface area contributed by atoms with Crippen LogP contribution in [0.2, 0.25) is 0 Å². The van der Waals surface area contributed by atoms with Gasteiger partial charge in [-0.3, -0.25) is 4.79 Å². The minimum Gasteiger partial charge on any atom is -0.462 e. The van der Waals surface area contributed by atoms with Crippen molar-refractivity contribution in [1.82, 2.24) is 0 Å². The number of quaternary nitrogens is 1. The third kappa shape index (κ3) is 3.81. The fourth-order valence-corrected chi connectivity index (χ4v) is 5.12. The highest BCUT2D eigenvalue weighted by Gasteiger charge is 2.29. The minimum absolute atomic E-state index is 0.00379. The van der Waals surface area contributed by atoms with Crippen molar-refractivity contribution in [3.63, 3.8) is 0 Å². The Kier molecular flexibility index (Phi) is 5.56. The molecule has 0 spiro atoms. The van der Waals surface area contributed by atoms with Gasteiger partial charge in [-0.05, 0) is 37.7 Å². The van der Waals surface area contributed by atoms with Crippen molar-refractivity contribution in [2.45, 2.75) is 46.0 Å². The number of ether oxygens (including phenoxy) is 1. The lowest BCUT2D eigenvalue weighted by Crippen LogP contribution is -3.11. The number of thiophene rings is 1. The zero-order chi connectivity index (χ0) is 17.1. The Labute approximate surface area is 147 Å². The van der Waals surface area contributed by atoms with Gasteiger partial charge in [0, 0.05) is 17.7 Å². The van der Waals surface area contributed by atoms with Gasteiger partial charge in [0.1, 0.15) is 5.00 Å². The molecule has 1 saturated heterocycles. The van der Waals surface area contributed by atoms with E-state index in [1.807, 2.05) is 6.92 Å². The van der Waals surface area contributed by atoms with Crippen LogP contribution in [0.4, 0.5) is 5.00 Å². The predicted molar refractivity (Wildman–Crippen MR) is 94.9 cm³/mol. The van der Waals surface area contributed by atoms with Gasteiger partial charge in [-0.2, -0.15) is 0 Å². The Hall–Kier alpha value is -1.40. The van der Waals surface area contributed by atoms with E-state index in [2.05, 4.69) is 12.2 Å². The molecule has 1 aliphatic carbocycles. The number of anilines is 1. The number of fused-ring (bicyclic) bond motifs is 1. The van der Waals surface area contributed by atoms with E-state index in [9.17, 15) is 9.59 Å². The maximum Gasteiger partial charge on any atom is 0.341 e. The van der Waals surface area contributed by atoms with Gasteiger partial charge >= 0.3 is 5.97 Å². The van der Waals surface area contributed by atoms with E-state index in [-0.39, 0.29) is 11.9 Å². The normalized spacial score (nSPS) is 20.7. The Morgan fingerprint density at radius 2 is 2.08 bits per heavy atom. The van der Waals surface area contributed by atoms with Crippen molar-refractivity contribution in [3.8, 4) is 0 Å². The second-order valence-electron chi connectivity index (χ2n) is 6.96. The van der Waals surface area contributed by atoms with Gasteiger partial charge in [0.2, 0.25) is 0 Å². The molecule has 0 aromatic carbocycles. The molecule has 0 unspecified atom stereocenters. The summed E-state index contributed by atoms with van der Waals surface area (Å²) < 4.78 is 5.25. The molecule has 1 aromatic rings. The molecule has 1 aliphatic heterocycles. The maximum atomic E-state index is 12.4. The van der Waals surface area contributed by atoms with Crippen molar-refractivity contribution < 1.29 is 19.2 Å². The summed E-state index contributed by atoms with van der Waals surface area (Å²) in [7, 11) is 0. The first kappa shape index (κ1) is 17.4. The van der Waals surface area contributed by atoms with E-state index in [4.69, 9.17) is 4.74 Å². The molecule has 5 nitrogen and oxygen atoms in total. The van der Waals surface area contributed by atoms with E-state index in [0.717, 1.165) is 37.9 Å². The predicted octanol–water partition coefficient (Wildman–Crippen LogP) is 1.67. The lowest BCUT2D eigenvalue weighted by molar-refractivity contribution is -0.878. The largest absolute Gasteiger partial charge is 0.462 e. The topological polar surface area (TPSA) is 59.8 Å². The van der Waals surface area contributed by atoms with E-state index < -0.39 is 0 Å². The Bertz CT molecular complexity index is 620. The second-order valence-corrected chi connectivity index (χ2v) is 8.06. The SMILES string of the molecule is CCOC(=O)c1c(NC(=O)C[NH+]2CCCC2)sc2c1CC[C@@H](C)C2. The monoisotopic (exact) mass is 351 g/mol. The molecule has 0 radical (unpaired) electrons. The van der Waals surface area contributed by atoms with E-state index in [1.165, 1.54) is 22.6 Å². The molecule has 1 amide bonds. The molecule has 2 N–H and O–H groups in total. The van der Waals surface area contributed by atoms with Crippen LogP contribution in [0.1, 0.15) is 53.9 Å². The summed E-state index contributed by atoms with van der Waals surface area (Å²) in [5.41, 5.74) is 1.70. The van der Waals surface area contributed by atoms with Crippen LogP contribution in [0.3, 0.4) is 0 Å². The summed E-state index contributed by atoms with van der Waals surface area (Å²) in [6.07, 6.45) is 5.36. The van der Waals surface area contributed by atoms with Gasteiger partial charge in [-0.15, -0.1) is 11.3 Å². The smallest absolute Gasteiger partial charge is 0.341 e. The van der Waals surface area contributed by atoms with E-state index in [0.29, 0.717) is 29.6 Å². The number of hydrogen-bond donors (Lipinski definition) is 2. The number of carbonyl (C=O) groups excluding carboxylic acids is 2. The van der Waals surface area contributed by atoms with Crippen LogP contribution in [-0.4, -0.2) is 38.1 Å². The molecule has 1 atom stereocenters. The van der Waals surface area contributed by atoms with Crippen LogP contribution in [-0.2, 0) is 22.4 Å². The summed E-state index contributed by atoms with van der Waals surface area (Å²) in [6.45, 7) is 7.02. The number of hydrogen-bond acceptors (Lipinski definition) is 4. The van der Waals surface area contributed by atoms with Crippen LogP contribution >= 0.6 is 11.3 Å². The molecule has 1 aromatic heterocycles. The van der Waals surface area contributed by atoms with E-state index in [1.54, 1.807) is 11.3 Å². The molecule has 2 aliphatic rings. The number of esters is 1. The molecule has 132 valence electrons. The third-order valence-electron chi connectivity index (χ3n) is 4.97. The molecule has 2 heterocycles. The molecule has 6 heteroatoms. The second kappa shape index (κ2) is 7.66. The fraction of sp³-hybridized carbons (Fsp3) is 0.667. The minimum atomic E-state index is -0.298. The highest BCUT2D eigenvalue weighted by Crippen LogP contribution is 2.40. The van der Waals surface area contributed by atoms with Gasteiger partial charge in [-0.1, -0.05) is 6.92 Å². The van der Waals surface area contributed by atoms with Crippen molar-refractivity contribution in [2.24, 2.45) is 5.92 Å². The van der Waals surface area contributed by atoms with Crippen molar-refractivity contribution in [2.75, 3.05) is 31.6 Å². The quantitative estimate of drug-likeness (QED) is 0.794. The maximum absolute atomic E-state index is 12.4. The van der Waals surface area contributed by atoms with Crippen LogP contribution in [0.25, 0.3) is 0 Å². The molecular weight excluding hydrogens is 324 g/mol. The Morgan fingerprint density at radius 3 is 2.79 bits per heavy atom. The lowest BCUT2D eigenvalue weighted by Gasteiger charge is -2.18. The Morgan fingerprint density at radius 1 is 1.33 bits per heavy atom. The van der Waals surface area contributed by atoms with Gasteiger partial charge in [0.25, 0.3) is 5.91 Å². The van der Waals surface area contributed by atoms with Crippen LogP contribution in [0.5, 0.6) is 0 Å². The highest BCUT2D eigenvalue weighted by atomic mass is 32.1. The van der Waals surface area contributed by atoms with Crippen LogP contribution in [0, 0.1) is 5.92 Å². The average Bonchev–Trinajstić information content (AvgIpc) is 3.14. The highest BCUT2D eigenvalue weighted by molar-refractivity contribution is 7.17. The van der Waals surface area contributed by atoms with Crippen molar-refractivity contribution >= 4 is 28.2 Å². The summed E-state index contributed by atoms with van der Waals surface area (Å²) in [5, 5.41) is 3.70. The average molecular weight is 351 g/mol. The zero-order valence-corrected chi connectivity index (χ0v) is 15.4. The number of nitrogens with one attached hydrogen (secondary N) is 2. The summed E-state index contributed by atoms with van der Waals surface area (Å²) in [6, 6.07) is 0. The lowest BCUT2D eigenvalue weighted by atomic mass is 9.88. The standard InChI is InChI=1S/C18H26N2O3S/c1-3-23-18(22)16-13-7-6-12(2)10-14(13)24-17(16)19-15(21)11-20-8-4-5-9-20/h12H,3-11H2,1-2H3,(H,19,21)/p+1/t12-/m1/s1. The molecule has 24 heavy (non-hydrogen) atoms. The van der Waals surface area contributed by atoms with Gasteiger partial charge in [0.05, 0.1) is 25.3 Å². The molecular formula is C18H27N2O3S+. The van der Waals surface area contributed by atoms with Gasteiger partial charge in [0.15, 0.2) is 6.54 Å². The first-order valence-corrected chi connectivity index (χ1v) is 9.85. The zero-order valence-electron chi connectivity index (χ0n) is 14.6. The fourth-order valence-electron chi connectivity index (χ4n) is 3.71. The van der Waals surface area contributed by atoms with Crippen LogP contribution in [0.15, 0.2) is 0 Å². The van der Waals surface area contributed by atoms with Crippen molar-refractivity contribution in [1.29, 1.82) is 0 Å². The summed E-state index contributed by atoms with van der Waals surface area (Å²) >= 11 is 1.56. The van der Waals surface area contributed by atoms with Crippen molar-refractivity contribution in [3.05, 3.63) is 16.0 Å². The number of likely N-dealkylation sites (tertiary alicyclic amines) is 1. The third-order valence-corrected chi connectivity index (χ3v) is 6.14. The Balaban J connectivity index is 1.80. The summed E-state index contributed by atoms with van der Waals surface area (Å²) in [4.78, 5) is 27.4. The number of rotatable bonds is 5. The molecule has 0 saturated carbocycles.